The molecule has 1 aliphatic rings. The van der Waals surface area contributed by atoms with Crippen molar-refractivity contribution < 1.29 is 29.4 Å². The molecule has 10 heteroatoms. The Hall–Kier alpha value is -2.20. The third-order valence-corrected chi connectivity index (χ3v) is 5.45. The van der Waals surface area contributed by atoms with Gasteiger partial charge in [0.2, 0.25) is 0 Å². The highest BCUT2D eigenvalue weighted by Crippen LogP contribution is 2.18. The van der Waals surface area contributed by atoms with Gasteiger partial charge < -0.3 is 31.5 Å². The summed E-state index contributed by atoms with van der Waals surface area (Å²) in [5, 5.41) is 28.9. The Morgan fingerprint density at radius 1 is 0.700 bits per heavy atom. The summed E-state index contributed by atoms with van der Waals surface area (Å²) < 4.78 is 0. The highest BCUT2D eigenvalue weighted by molar-refractivity contribution is 6.36. The number of nitrogens with one attached hydrogen (secondary N) is 4. The summed E-state index contributed by atoms with van der Waals surface area (Å²) in [6, 6.07) is -2.04. The molecule has 10 nitrogen and oxygen atoms in total. The molecule has 0 aromatic carbocycles. The van der Waals surface area contributed by atoms with E-state index in [0.29, 0.717) is 12.8 Å². The lowest BCUT2D eigenvalue weighted by Crippen LogP contribution is -2.58. The molecule has 0 aromatic rings. The molecule has 0 spiro atoms. The van der Waals surface area contributed by atoms with Gasteiger partial charge in [-0.1, -0.05) is 40.5 Å². The Balaban J connectivity index is 2.67. The van der Waals surface area contributed by atoms with Crippen LogP contribution in [0.4, 0.5) is 0 Å². The van der Waals surface area contributed by atoms with E-state index in [2.05, 4.69) is 21.3 Å². The lowest BCUT2D eigenvalue weighted by Gasteiger charge is -2.32. The normalized spacial score (nSPS) is 20.9. The molecular weight excluding hydrogens is 392 g/mol. The predicted molar refractivity (Wildman–Crippen MR) is 110 cm³/mol. The third kappa shape index (κ3) is 7.91. The van der Waals surface area contributed by atoms with E-state index in [4.69, 9.17) is 0 Å². The number of amides is 4. The number of carbonyl (C=O) groups excluding carboxylic acids is 4. The van der Waals surface area contributed by atoms with Crippen LogP contribution in [0, 0.1) is 11.8 Å². The van der Waals surface area contributed by atoms with Gasteiger partial charge in [-0.25, -0.2) is 0 Å². The van der Waals surface area contributed by atoms with Crippen LogP contribution in [0.25, 0.3) is 0 Å². The second-order valence-corrected chi connectivity index (χ2v) is 8.46. The predicted octanol–water partition coefficient (Wildman–Crippen LogP) is -1.20. The minimum absolute atomic E-state index is 0.0411. The summed E-state index contributed by atoms with van der Waals surface area (Å²) in [5.41, 5.74) is 0. The maximum atomic E-state index is 12.3. The molecule has 0 unspecified atom stereocenters. The van der Waals surface area contributed by atoms with E-state index in [1.54, 1.807) is 0 Å². The molecule has 4 amide bonds. The summed E-state index contributed by atoms with van der Waals surface area (Å²) >= 11 is 0. The Morgan fingerprint density at radius 3 is 1.30 bits per heavy atom. The summed E-state index contributed by atoms with van der Waals surface area (Å²) in [4.78, 5) is 48.8. The van der Waals surface area contributed by atoms with E-state index in [1.807, 2.05) is 27.7 Å². The molecule has 6 N–H and O–H groups in total. The average Bonchev–Trinajstić information content (AvgIpc) is 2.70. The van der Waals surface area contributed by atoms with E-state index in [1.165, 1.54) is 0 Å². The van der Waals surface area contributed by atoms with Crippen LogP contribution in [0.3, 0.4) is 0 Å². The average molecular weight is 429 g/mol. The van der Waals surface area contributed by atoms with E-state index >= 15 is 0 Å². The van der Waals surface area contributed by atoms with Crippen molar-refractivity contribution in [3.8, 4) is 0 Å². The minimum Gasteiger partial charge on any atom is -0.394 e. The van der Waals surface area contributed by atoms with Crippen molar-refractivity contribution in [3.63, 3.8) is 0 Å². The molecule has 0 radical (unpaired) electrons. The molecule has 0 heterocycles. The standard InChI is InChI=1S/C20H36N4O6/c1-11(2)15(9-25)23-19(29)17(27)21-13-7-5-6-8-14(13)22-18(28)20(30)24-16(10-26)12(3)4/h11-16,25-26H,5-10H2,1-4H3,(H,21,27)(H,22,28)(H,23,29)(H,24,30)/t13-,14-,15-,16-/m1/s1. The first kappa shape index (κ1) is 25.8. The van der Waals surface area contributed by atoms with Gasteiger partial charge in [-0.2, -0.15) is 0 Å². The molecule has 4 atom stereocenters. The lowest BCUT2D eigenvalue weighted by atomic mass is 9.90. The second-order valence-electron chi connectivity index (χ2n) is 8.46. The Labute approximate surface area is 177 Å². The maximum Gasteiger partial charge on any atom is 0.309 e. The quantitative estimate of drug-likeness (QED) is 0.267. The monoisotopic (exact) mass is 428 g/mol. The number of aliphatic hydroxyl groups is 2. The Bertz CT molecular complexity index is 558. The van der Waals surface area contributed by atoms with Crippen LogP contribution in [-0.2, 0) is 19.2 Å². The topological polar surface area (TPSA) is 157 Å². The molecule has 30 heavy (non-hydrogen) atoms. The molecule has 172 valence electrons. The van der Waals surface area contributed by atoms with E-state index < -0.39 is 47.8 Å². The largest absolute Gasteiger partial charge is 0.394 e. The van der Waals surface area contributed by atoms with Gasteiger partial charge >= 0.3 is 23.6 Å². The molecule has 1 fully saturated rings. The van der Waals surface area contributed by atoms with Crippen LogP contribution in [0.15, 0.2) is 0 Å². The van der Waals surface area contributed by atoms with Gasteiger partial charge in [0.1, 0.15) is 0 Å². The minimum atomic E-state index is -0.848. The summed E-state index contributed by atoms with van der Waals surface area (Å²) in [5.74, 6) is -3.46. The van der Waals surface area contributed by atoms with Gasteiger partial charge in [0.15, 0.2) is 0 Å². The number of rotatable bonds is 8. The van der Waals surface area contributed by atoms with Crippen LogP contribution in [0.1, 0.15) is 53.4 Å². The fourth-order valence-corrected chi connectivity index (χ4v) is 3.26. The molecule has 1 saturated carbocycles. The number of aliphatic hydroxyl groups excluding tert-OH is 2. The van der Waals surface area contributed by atoms with Gasteiger partial charge in [-0.05, 0) is 24.7 Å². The highest BCUT2D eigenvalue weighted by atomic mass is 16.3. The molecule has 0 aliphatic heterocycles. The lowest BCUT2D eigenvalue weighted by molar-refractivity contribution is -0.141. The zero-order valence-corrected chi connectivity index (χ0v) is 18.2. The van der Waals surface area contributed by atoms with Gasteiger partial charge in [0.25, 0.3) is 0 Å². The van der Waals surface area contributed by atoms with E-state index in [-0.39, 0.29) is 25.0 Å². The summed E-state index contributed by atoms with van der Waals surface area (Å²) in [6.45, 7) is 6.71. The maximum absolute atomic E-state index is 12.3. The van der Waals surface area contributed by atoms with Crippen LogP contribution >= 0.6 is 0 Å². The fourth-order valence-electron chi connectivity index (χ4n) is 3.26. The first-order chi connectivity index (χ1) is 14.1. The van der Waals surface area contributed by atoms with E-state index in [9.17, 15) is 29.4 Å². The van der Waals surface area contributed by atoms with Gasteiger partial charge in [0.05, 0.1) is 25.3 Å². The molecule has 0 aromatic heterocycles. The van der Waals surface area contributed by atoms with Crippen molar-refractivity contribution in [1.82, 2.24) is 21.3 Å². The molecular formula is C20H36N4O6. The molecule has 0 saturated heterocycles. The van der Waals surface area contributed by atoms with Crippen LogP contribution in [0.5, 0.6) is 0 Å². The van der Waals surface area contributed by atoms with E-state index in [0.717, 1.165) is 12.8 Å². The van der Waals surface area contributed by atoms with Gasteiger partial charge in [-0.3, -0.25) is 19.2 Å². The van der Waals surface area contributed by atoms with Crippen LogP contribution < -0.4 is 21.3 Å². The fraction of sp³-hybridized carbons (Fsp3) is 0.800. The first-order valence-corrected chi connectivity index (χ1v) is 10.5. The zero-order chi connectivity index (χ0) is 22.8. The molecule has 0 bridgehead atoms. The Morgan fingerprint density at radius 2 is 1.03 bits per heavy atom. The van der Waals surface area contributed by atoms with Crippen molar-refractivity contribution in [3.05, 3.63) is 0 Å². The van der Waals surface area contributed by atoms with Crippen molar-refractivity contribution in [2.45, 2.75) is 77.5 Å². The van der Waals surface area contributed by atoms with Crippen molar-refractivity contribution in [2.75, 3.05) is 13.2 Å². The first-order valence-electron chi connectivity index (χ1n) is 10.5. The van der Waals surface area contributed by atoms with Gasteiger partial charge in [0, 0.05) is 12.1 Å². The van der Waals surface area contributed by atoms with Crippen LogP contribution in [0.2, 0.25) is 0 Å². The van der Waals surface area contributed by atoms with Crippen LogP contribution in [-0.4, -0.2) is 71.2 Å². The molecule has 1 rings (SSSR count). The number of carbonyl (C=O) groups is 4. The van der Waals surface area contributed by atoms with Crippen molar-refractivity contribution >= 4 is 23.6 Å². The Kier molecular flexibility index (Phi) is 10.8. The third-order valence-electron chi connectivity index (χ3n) is 5.45. The SMILES string of the molecule is CC(C)[C@@H](CO)NC(=O)C(=O)N[C@@H]1CCCC[C@H]1NC(=O)C(=O)N[C@H](CO)C(C)C. The van der Waals surface area contributed by atoms with Crippen molar-refractivity contribution in [2.24, 2.45) is 11.8 Å². The smallest absolute Gasteiger partial charge is 0.309 e. The number of hydrogen-bond donors (Lipinski definition) is 6. The molecule has 1 aliphatic carbocycles. The highest BCUT2D eigenvalue weighted by Gasteiger charge is 2.32. The van der Waals surface area contributed by atoms with Crippen molar-refractivity contribution in [1.29, 1.82) is 0 Å². The number of hydrogen-bond acceptors (Lipinski definition) is 6. The summed E-state index contributed by atoms with van der Waals surface area (Å²) in [6.07, 6.45) is 2.75. The zero-order valence-electron chi connectivity index (χ0n) is 18.2. The second kappa shape index (κ2) is 12.5. The summed E-state index contributed by atoms with van der Waals surface area (Å²) in [7, 11) is 0. The van der Waals surface area contributed by atoms with Gasteiger partial charge in [-0.15, -0.1) is 0 Å².